The molecule has 0 unspecified atom stereocenters. The van der Waals surface area contributed by atoms with Crippen LogP contribution in [0.1, 0.15) is 19.4 Å². The Morgan fingerprint density at radius 1 is 1.21 bits per heavy atom. The van der Waals surface area contributed by atoms with Crippen LogP contribution in [0.4, 0.5) is 0 Å². The normalized spacial score (nSPS) is 13.1. The summed E-state index contributed by atoms with van der Waals surface area (Å²) in [6.07, 6.45) is 1.01. The first kappa shape index (κ1) is 11.2. The summed E-state index contributed by atoms with van der Waals surface area (Å²) in [5.74, 6) is 0. The van der Waals surface area contributed by atoms with Gasteiger partial charge in [0.05, 0.1) is 0 Å². The monoisotopic (exact) mass is 192 g/mol. The highest BCUT2D eigenvalue weighted by Gasteiger charge is 2.07. The Morgan fingerprint density at radius 2 is 1.86 bits per heavy atom. The molecule has 0 radical (unpaired) electrons. The summed E-state index contributed by atoms with van der Waals surface area (Å²) < 4.78 is 0. The third kappa shape index (κ3) is 3.90. The highest BCUT2D eigenvalue weighted by atomic mass is 15.0. The number of hydrogen-bond donors (Lipinski definition) is 2. The molecule has 0 fully saturated rings. The molecule has 0 aliphatic rings. The zero-order valence-electron chi connectivity index (χ0n) is 9.03. The molecular weight excluding hydrogens is 172 g/mol. The standard InChI is InChI=1S/C12H20N2/c1-10(2)14-12(9-13)8-11-6-4-3-5-7-11/h3-7,10,12,14H,8-9,13H2,1-2H3/t12-/m0/s1. The number of nitrogens with one attached hydrogen (secondary N) is 1. The molecule has 0 heterocycles. The van der Waals surface area contributed by atoms with E-state index in [9.17, 15) is 0 Å². The minimum absolute atomic E-state index is 0.386. The molecule has 0 aliphatic heterocycles. The maximum Gasteiger partial charge on any atom is 0.0232 e. The maximum absolute atomic E-state index is 5.71. The van der Waals surface area contributed by atoms with Crippen molar-refractivity contribution in [3.63, 3.8) is 0 Å². The zero-order chi connectivity index (χ0) is 10.4. The van der Waals surface area contributed by atoms with Crippen LogP contribution >= 0.6 is 0 Å². The van der Waals surface area contributed by atoms with Crippen molar-refractivity contribution in [2.45, 2.75) is 32.4 Å². The van der Waals surface area contributed by atoms with Crippen LogP contribution < -0.4 is 11.1 Å². The highest BCUT2D eigenvalue weighted by molar-refractivity contribution is 5.16. The van der Waals surface area contributed by atoms with Gasteiger partial charge >= 0.3 is 0 Å². The summed E-state index contributed by atoms with van der Waals surface area (Å²) in [5.41, 5.74) is 7.05. The Balaban J connectivity index is 2.48. The molecule has 1 aromatic rings. The quantitative estimate of drug-likeness (QED) is 0.743. The van der Waals surface area contributed by atoms with E-state index < -0.39 is 0 Å². The lowest BCUT2D eigenvalue weighted by Crippen LogP contribution is -2.41. The lowest BCUT2D eigenvalue weighted by molar-refractivity contribution is 0.466. The molecule has 78 valence electrons. The van der Waals surface area contributed by atoms with Gasteiger partial charge in [-0.25, -0.2) is 0 Å². The Hall–Kier alpha value is -0.860. The second-order valence-corrected chi connectivity index (χ2v) is 3.94. The molecule has 0 aromatic heterocycles. The van der Waals surface area contributed by atoms with E-state index in [0.717, 1.165) is 6.42 Å². The molecule has 1 aromatic carbocycles. The molecule has 3 N–H and O–H groups in total. The van der Waals surface area contributed by atoms with E-state index in [-0.39, 0.29) is 0 Å². The topological polar surface area (TPSA) is 38.0 Å². The summed E-state index contributed by atoms with van der Waals surface area (Å²) in [7, 11) is 0. The third-order valence-corrected chi connectivity index (χ3v) is 2.18. The molecule has 1 rings (SSSR count). The van der Waals surface area contributed by atoms with Gasteiger partial charge in [0, 0.05) is 18.6 Å². The van der Waals surface area contributed by atoms with Crippen molar-refractivity contribution in [2.75, 3.05) is 6.54 Å². The Labute approximate surface area is 86.5 Å². The first-order chi connectivity index (χ1) is 6.72. The Morgan fingerprint density at radius 3 is 2.36 bits per heavy atom. The van der Waals surface area contributed by atoms with Crippen molar-refractivity contribution in [2.24, 2.45) is 5.73 Å². The fourth-order valence-electron chi connectivity index (χ4n) is 1.58. The largest absolute Gasteiger partial charge is 0.329 e. The summed E-state index contributed by atoms with van der Waals surface area (Å²) in [6, 6.07) is 11.3. The van der Waals surface area contributed by atoms with Gasteiger partial charge in [0.15, 0.2) is 0 Å². The fourth-order valence-corrected chi connectivity index (χ4v) is 1.58. The summed E-state index contributed by atoms with van der Waals surface area (Å²) in [4.78, 5) is 0. The molecule has 1 atom stereocenters. The van der Waals surface area contributed by atoms with Crippen LogP contribution in [0.3, 0.4) is 0 Å². The van der Waals surface area contributed by atoms with Gasteiger partial charge in [-0.05, 0) is 12.0 Å². The van der Waals surface area contributed by atoms with Crippen molar-refractivity contribution in [3.05, 3.63) is 35.9 Å². The van der Waals surface area contributed by atoms with Gasteiger partial charge in [-0.2, -0.15) is 0 Å². The van der Waals surface area contributed by atoms with Gasteiger partial charge in [-0.3, -0.25) is 0 Å². The van der Waals surface area contributed by atoms with Crippen molar-refractivity contribution in [1.29, 1.82) is 0 Å². The predicted octanol–water partition coefficient (Wildman–Crippen LogP) is 1.55. The van der Waals surface area contributed by atoms with Crippen LogP contribution in [0, 0.1) is 0 Å². The van der Waals surface area contributed by atoms with Crippen LogP contribution in [0.25, 0.3) is 0 Å². The van der Waals surface area contributed by atoms with Crippen LogP contribution in [-0.2, 0) is 6.42 Å². The van der Waals surface area contributed by atoms with Gasteiger partial charge in [-0.15, -0.1) is 0 Å². The van der Waals surface area contributed by atoms with Crippen molar-refractivity contribution in [1.82, 2.24) is 5.32 Å². The number of rotatable bonds is 5. The average Bonchev–Trinajstić information content (AvgIpc) is 2.17. The predicted molar refractivity (Wildman–Crippen MR) is 61.3 cm³/mol. The maximum atomic E-state index is 5.71. The molecule has 0 aliphatic carbocycles. The van der Waals surface area contributed by atoms with Crippen molar-refractivity contribution >= 4 is 0 Å². The molecule has 14 heavy (non-hydrogen) atoms. The summed E-state index contributed by atoms with van der Waals surface area (Å²) in [6.45, 7) is 4.98. The fraction of sp³-hybridized carbons (Fsp3) is 0.500. The lowest BCUT2D eigenvalue weighted by Gasteiger charge is -2.19. The van der Waals surface area contributed by atoms with E-state index >= 15 is 0 Å². The van der Waals surface area contributed by atoms with Gasteiger partial charge in [-0.1, -0.05) is 44.2 Å². The molecular formula is C12H20N2. The van der Waals surface area contributed by atoms with E-state index in [1.54, 1.807) is 0 Å². The number of benzene rings is 1. The van der Waals surface area contributed by atoms with Crippen LogP contribution in [0.5, 0.6) is 0 Å². The molecule has 0 spiro atoms. The second kappa shape index (κ2) is 5.78. The second-order valence-electron chi connectivity index (χ2n) is 3.94. The first-order valence-corrected chi connectivity index (χ1v) is 5.22. The van der Waals surface area contributed by atoms with Crippen LogP contribution in [-0.4, -0.2) is 18.6 Å². The molecule has 2 heteroatoms. The zero-order valence-corrected chi connectivity index (χ0v) is 9.03. The van der Waals surface area contributed by atoms with Crippen LogP contribution in [0.2, 0.25) is 0 Å². The Kier molecular flexibility index (Phi) is 4.63. The molecule has 0 amide bonds. The van der Waals surface area contributed by atoms with E-state index in [1.807, 2.05) is 6.07 Å². The average molecular weight is 192 g/mol. The summed E-state index contributed by atoms with van der Waals surface area (Å²) in [5, 5.41) is 3.45. The molecule has 2 nitrogen and oxygen atoms in total. The van der Waals surface area contributed by atoms with E-state index in [0.29, 0.717) is 18.6 Å². The van der Waals surface area contributed by atoms with E-state index in [1.165, 1.54) is 5.56 Å². The van der Waals surface area contributed by atoms with Gasteiger partial charge < -0.3 is 11.1 Å². The van der Waals surface area contributed by atoms with Gasteiger partial charge in [0.2, 0.25) is 0 Å². The van der Waals surface area contributed by atoms with E-state index in [4.69, 9.17) is 5.73 Å². The van der Waals surface area contributed by atoms with Gasteiger partial charge in [0.1, 0.15) is 0 Å². The van der Waals surface area contributed by atoms with Crippen molar-refractivity contribution in [3.8, 4) is 0 Å². The molecule has 0 saturated heterocycles. The SMILES string of the molecule is CC(C)N[C@H](CN)Cc1ccccc1. The smallest absolute Gasteiger partial charge is 0.0232 e. The number of nitrogens with two attached hydrogens (primary N) is 1. The van der Waals surface area contributed by atoms with Gasteiger partial charge in [0.25, 0.3) is 0 Å². The van der Waals surface area contributed by atoms with Crippen molar-refractivity contribution < 1.29 is 0 Å². The minimum atomic E-state index is 0.386. The lowest BCUT2D eigenvalue weighted by atomic mass is 10.1. The van der Waals surface area contributed by atoms with E-state index in [2.05, 4.69) is 43.4 Å². The molecule has 0 bridgehead atoms. The Bertz CT molecular complexity index is 244. The summed E-state index contributed by atoms with van der Waals surface area (Å²) >= 11 is 0. The third-order valence-electron chi connectivity index (χ3n) is 2.18. The molecule has 0 saturated carbocycles. The minimum Gasteiger partial charge on any atom is -0.329 e. The van der Waals surface area contributed by atoms with Crippen LogP contribution in [0.15, 0.2) is 30.3 Å². The highest BCUT2D eigenvalue weighted by Crippen LogP contribution is 2.02. The number of hydrogen-bond acceptors (Lipinski definition) is 2. The first-order valence-electron chi connectivity index (χ1n) is 5.22.